The van der Waals surface area contributed by atoms with Gasteiger partial charge >= 0.3 is 0 Å². The third-order valence-electron chi connectivity index (χ3n) is 5.93. The predicted octanol–water partition coefficient (Wildman–Crippen LogP) is 4.66. The molecule has 8 nitrogen and oxygen atoms in total. The molecule has 34 heavy (non-hydrogen) atoms. The molecule has 5 rings (SSSR count). The van der Waals surface area contributed by atoms with Gasteiger partial charge in [0.1, 0.15) is 11.6 Å². The molecule has 3 heterocycles. The molecule has 0 radical (unpaired) electrons. The summed E-state index contributed by atoms with van der Waals surface area (Å²) in [5, 5.41) is 14.1. The first-order valence-electron chi connectivity index (χ1n) is 11.6. The van der Waals surface area contributed by atoms with E-state index in [9.17, 15) is 0 Å². The molecular weight excluding hydrogens is 448 g/mol. The van der Waals surface area contributed by atoms with Crippen molar-refractivity contribution in [3.05, 3.63) is 71.9 Å². The largest absolute Gasteiger partial charge is 0.497 e. The molecule has 0 unspecified atom stereocenters. The quantitative estimate of drug-likeness (QED) is 0.323. The van der Waals surface area contributed by atoms with Crippen LogP contribution in [0, 0.1) is 0 Å². The van der Waals surface area contributed by atoms with E-state index in [1.165, 1.54) is 24.8 Å². The van der Waals surface area contributed by atoms with Gasteiger partial charge in [0, 0.05) is 5.56 Å². The summed E-state index contributed by atoms with van der Waals surface area (Å²) in [5.41, 5.74) is 2.11. The molecule has 9 heteroatoms. The zero-order valence-corrected chi connectivity index (χ0v) is 20.1. The van der Waals surface area contributed by atoms with Crippen LogP contribution in [0.25, 0.3) is 11.4 Å². The summed E-state index contributed by atoms with van der Waals surface area (Å²) in [7, 11) is 1.65. The van der Waals surface area contributed by atoms with Crippen molar-refractivity contribution in [2.75, 3.05) is 20.2 Å². The minimum atomic E-state index is 0.528. The average Bonchev–Trinajstić information content (AvgIpc) is 3.51. The number of rotatable bonds is 9. The Balaban J connectivity index is 1.31. The van der Waals surface area contributed by atoms with Gasteiger partial charge in [0.25, 0.3) is 0 Å². The standard InChI is InChI=1S/C25H28N6O2S/c1-32-21-12-10-20(11-13-21)24-26-23(33-29-24)18-34-25-28-27-22(17-30-14-6-3-7-15-30)31(25)16-19-8-4-2-5-9-19/h2,4-5,8-13H,3,6-7,14-18H2,1H3. The molecule has 1 fully saturated rings. The Morgan fingerprint density at radius 1 is 0.941 bits per heavy atom. The first-order chi connectivity index (χ1) is 16.8. The van der Waals surface area contributed by atoms with E-state index in [0.717, 1.165) is 48.5 Å². The number of thioether (sulfide) groups is 1. The fourth-order valence-electron chi connectivity index (χ4n) is 4.08. The number of ether oxygens (including phenoxy) is 1. The lowest BCUT2D eigenvalue weighted by Crippen LogP contribution is -2.30. The van der Waals surface area contributed by atoms with Crippen molar-refractivity contribution in [2.24, 2.45) is 0 Å². The fourth-order valence-corrected chi connectivity index (χ4v) is 4.88. The molecule has 4 aromatic rings. The van der Waals surface area contributed by atoms with Crippen molar-refractivity contribution >= 4 is 11.8 Å². The van der Waals surface area contributed by atoms with Gasteiger partial charge in [0.15, 0.2) is 5.16 Å². The van der Waals surface area contributed by atoms with Crippen LogP contribution >= 0.6 is 11.8 Å². The number of methoxy groups -OCH3 is 1. The Morgan fingerprint density at radius 2 is 1.74 bits per heavy atom. The molecule has 0 aliphatic carbocycles. The predicted molar refractivity (Wildman–Crippen MR) is 131 cm³/mol. The van der Waals surface area contributed by atoms with Gasteiger partial charge in [-0.1, -0.05) is 53.7 Å². The van der Waals surface area contributed by atoms with Gasteiger partial charge in [0.05, 0.1) is 26.0 Å². The molecule has 0 atom stereocenters. The SMILES string of the molecule is COc1ccc(-c2noc(CSc3nnc(CN4CCCCC4)n3Cc3ccccc3)n2)cc1. The second-order valence-corrected chi connectivity index (χ2v) is 9.28. The highest BCUT2D eigenvalue weighted by molar-refractivity contribution is 7.98. The second-order valence-electron chi connectivity index (χ2n) is 8.34. The van der Waals surface area contributed by atoms with Gasteiger partial charge in [-0.2, -0.15) is 4.98 Å². The van der Waals surface area contributed by atoms with Crippen LogP contribution in [0.3, 0.4) is 0 Å². The van der Waals surface area contributed by atoms with Gasteiger partial charge in [-0.25, -0.2) is 0 Å². The van der Waals surface area contributed by atoms with Crippen molar-refractivity contribution in [1.29, 1.82) is 0 Å². The van der Waals surface area contributed by atoms with E-state index in [0.29, 0.717) is 17.5 Å². The van der Waals surface area contributed by atoms with Crippen LogP contribution in [0.2, 0.25) is 0 Å². The summed E-state index contributed by atoms with van der Waals surface area (Å²) in [4.78, 5) is 7.03. The normalized spacial score (nSPS) is 14.4. The molecule has 0 N–H and O–H groups in total. The van der Waals surface area contributed by atoms with Crippen molar-refractivity contribution in [2.45, 2.75) is 43.3 Å². The molecule has 2 aromatic carbocycles. The Labute approximate surface area is 203 Å². The number of piperidine rings is 1. The number of likely N-dealkylation sites (tertiary alicyclic amines) is 1. The molecule has 2 aromatic heterocycles. The topological polar surface area (TPSA) is 82.1 Å². The minimum absolute atomic E-state index is 0.528. The van der Waals surface area contributed by atoms with E-state index in [1.54, 1.807) is 18.9 Å². The molecule has 1 saturated heterocycles. The summed E-state index contributed by atoms with van der Waals surface area (Å²) < 4.78 is 12.9. The number of benzene rings is 2. The van der Waals surface area contributed by atoms with E-state index < -0.39 is 0 Å². The first kappa shape index (κ1) is 22.6. The molecule has 1 aliphatic rings. The third-order valence-corrected chi connectivity index (χ3v) is 6.88. The van der Waals surface area contributed by atoms with Gasteiger partial charge in [-0.05, 0) is 55.8 Å². The third kappa shape index (κ3) is 5.48. The van der Waals surface area contributed by atoms with Gasteiger partial charge in [-0.15, -0.1) is 10.2 Å². The molecule has 1 aliphatic heterocycles. The molecule has 0 amide bonds. The Hall–Kier alpha value is -3.17. The van der Waals surface area contributed by atoms with E-state index in [1.807, 2.05) is 30.3 Å². The minimum Gasteiger partial charge on any atom is -0.497 e. The zero-order chi connectivity index (χ0) is 23.2. The van der Waals surface area contributed by atoms with Crippen LogP contribution in [-0.4, -0.2) is 50.0 Å². The molecular formula is C25H28N6O2S. The van der Waals surface area contributed by atoms with Crippen molar-refractivity contribution in [3.8, 4) is 17.1 Å². The summed E-state index contributed by atoms with van der Waals surface area (Å²) in [6.45, 7) is 3.80. The average molecular weight is 477 g/mol. The highest BCUT2D eigenvalue weighted by atomic mass is 32.2. The van der Waals surface area contributed by atoms with E-state index in [2.05, 4.69) is 54.1 Å². The lowest BCUT2D eigenvalue weighted by molar-refractivity contribution is 0.213. The Morgan fingerprint density at radius 3 is 2.50 bits per heavy atom. The van der Waals surface area contributed by atoms with E-state index >= 15 is 0 Å². The summed E-state index contributed by atoms with van der Waals surface area (Å²) in [5.74, 6) is 3.44. The first-order valence-corrected chi connectivity index (χ1v) is 12.6. The highest BCUT2D eigenvalue weighted by Gasteiger charge is 2.19. The number of hydrogen-bond acceptors (Lipinski definition) is 8. The van der Waals surface area contributed by atoms with Crippen molar-refractivity contribution in [3.63, 3.8) is 0 Å². The van der Waals surface area contributed by atoms with E-state index in [4.69, 9.17) is 9.26 Å². The maximum Gasteiger partial charge on any atom is 0.237 e. The van der Waals surface area contributed by atoms with Crippen molar-refractivity contribution in [1.82, 2.24) is 29.8 Å². The summed E-state index contributed by atoms with van der Waals surface area (Å²) in [6.07, 6.45) is 3.82. The van der Waals surface area contributed by atoms with Crippen molar-refractivity contribution < 1.29 is 9.26 Å². The Bertz CT molecular complexity index is 1190. The Kier molecular flexibility index (Phi) is 7.21. The van der Waals surface area contributed by atoms with Gasteiger partial charge < -0.3 is 13.8 Å². The smallest absolute Gasteiger partial charge is 0.237 e. The number of nitrogens with zero attached hydrogens (tertiary/aromatic N) is 6. The van der Waals surface area contributed by atoms with Gasteiger partial charge in [-0.3, -0.25) is 4.90 Å². The molecule has 176 valence electrons. The zero-order valence-electron chi connectivity index (χ0n) is 19.3. The van der Waals surface area contributed by atoms with Crippen LogP contribution in [0.1, 0.15) is 36.5 Å². The lowest BCUT2D eigenvalue weighted by atomic mass is 10.1. The van der Waals surface area contributed by atoms with Crippen LogP contribution in [0.15, 0.2) is 64.3 Å². The summed E-state index contributed by atoms with van der Waals surface area (Å²) in [6, 6.07) is 18.1. The van der Waals surface area contributed by atoms with Gasteiger partial charge in [0.2, 0.25) is 11.7 Å². The number of aromatic nitrogens is 5. The maximum atomic E-state index is 5.50. The van der Waals surface area contributed by atoms with Crippen LogP contribution in [0.5, 0.6) is 5.75 Å². The number of hydrogen-bond donors (Lipinski definition) is 0. The molecule has 0 spiro atoms. The molecule has 0 saturated carbocycles. The van der Waals surface area contributed by atoms with Crippen LogP contribution in [-0.2, 0) is 18.8 Å². The van der Waals surface area contributed by atoms with Crippen LogP contribution in [0.4, 0.5) is 0 Å². The van der Waals surface area contributed by atoms with Crippen LogP contribution < -0.4 is 4.74 Å². The van der Waals surface area contributed by atoms with E-state index in [-0.39, 0.29) is 0 Å². The second kappa shape index (κ2) is 10.8. The monoisotopic (exact) mass is 476 g/mol. The highest BCUT2D eigenvalue weighted by Crippen LogP contribution is 2.25. The maximum absolute atomic E-state index is 5.50. The molecule has 0 bridgehead atoms. The fraction of sp³-hybridized carbons (Fsp3) is 0.360. The lowest BCUT2D eigenvalue weighted by Gasteiger charge is -2.26. The summed E-state index contributed by atoms with van der Waals surface area (Å²) >= 11 is 1.57.